The van der Waals surface area contributed by atoms with Crippen molar-refractivity contribution >= 4 is 0 Å². The average molecular weight is 294 g/mol. The van der Waals surface area contributed by atoms with Gasteiger partial charge in [-0.05, 0) is 18.6 Å². The minimum absolute atomic E-state index is 0.212. The molecule has 2 aromatic rings. The molecule has 1 aromatic carbocycles. The summed E-state index contributed by atoms with van der Waals surface area (Å²) in [6, 6.07) is 9.56. The highest BCUT2D eigenvalue weighted by Gasteiger charge is 2.46. The maximum atomic E-state index is 14.0. The Kier molecular flexibility index (Phi) is 4.42. The molecule has 0 fully saturated rings. The predicted octanol–water partition coefficient (Wildman–Crippen LogP) is 4.42. The van der Waals surface area contributed by atoms with Gasteiger partial charge < -0.3 is 9.30 Å². The lowest BCUT2D eigenvalue weighted by Gasteiger charge is -2.32. The summed E-state index contributed by atoms with van der Waals surface area (Å²) in [6.45, 7) is 4.50. The number of alkyl halides is 2. The lowest BCUT2D eigenvalue weighted by molar-refractivity contribution is -0.306. The zero-order valence-electron chi connectivity index (χ0n) is 12.5. The summed E-state index contributed by atoms with van der Waals surface area (Å²) in [7, 11) is 0. The van der Waals surface area contributed by atoms with Crippen LogP contribution in [0.5, 0.6) is 0 Å². The highest BCUT2D eigenvalue weighted by Crippen LogP contribution is 2.40. The first-order valence-corrected chi connectivity index (χ1v) is 6.96. The van der Waals surface area contributed by atoms with Crippen molar-refractivity contribution in [2.45, 2.75) is 39.9 Å². The Bertz CT molecular complexity index is 579. The number of nitrogens with zero attached hydrogens (tertiary/aromatic N) is 2. The van der Waals surface area contributed by atoms with Gasteiger partial charge in [0, 0.05) is 11.9 Å². The molecule has 0 saturated carbocycles. The molecule has 21 heavy (non-hydrogen) atoms. The minimum Gasteiger partial charge on any atom is -0.314 e. The van der Waals surface area contributed by atoms with Gasteiger partial charge in [0.2, 0.25) is 0 Å². The van der Waals surface area contributed by atoms with Crippen LogP contribution in [0.25, 0.3) is 5.69 Å². The van der Waals surface area contributed by atoms with Gasteiger partial charge in [0.05, 0.1) is 24.0 Å². The number of aromatic nitrogens is 2. The summed E-state index contributed by atoms with van der Waals surface area (Å²) in [4.78, 5) is 4.11. The second kappa shape index (κ2) is 5.93. The Hall–Kier alpha value is -1.75. The molecule has 0 aliphatic carbocycles. The summed E-state index contributed by atoms with van der Waals surface area (Å²) >= 11 is 0. The average Bonchev–Trinajstić information content (AvgIpc) is 2.95. The Balaban J connectivity index is 2.04. The van der Waals surface area contributed by atoms with E-state index < -0.39 is 11.5 Å². The highest BCUT2D eigenvalue weighted by molar-refractivity contribution is 5.31. The normalized spacial score (nSPS) is 12.6. The van der Waals surface area contributed by atoms with Gasteiger partial charge in [-0.1, -0.05) is 39.0 Å². The topological polar surface area (TPSA) is 27.1 Å². The molecule has 5 heteroatoms. The smallest absolute Gasteiger partial charge is 0.314 e. The SMILES string of the molecule is CCC(C)(C)C(F)(F)OCc1cn(-c2ccccc2)cn1. The van der Waals surface area contributed by atoms with E-state index in [1.807, 2.05) is 30.3 Å². The number of halogens is 2. The van der Waals surface area contributed by atoms with Crippen LogP contribution in [0.3, 0.4) is 0 Å². The van der Waals surface area contributed by atoms with Crippen molar-refractivity contribution in [3.05, 3.63) is 48.5 Å². The summed E-state index contributed by atoms with van der Waals surface area (Å²) in [5.41, 5.74) is 0.206. The third-order valence-corrected chi connectivity index (χ3v) is 3.76. The summed E-state index contributed by atoms with van der Waals surface area (Å²) < 4.78 is 34.5. The largest absolute Gasteiger partial charge is 0.361 e. The van der Waals surface area contributed by atoms with E-state index >= 15 is 0 Å². The van der Waals surface area contributed by atoms with E-state index in [0.717, 1.165) is 5.69 Å². The van der Waals surface area contributed by atoms with Gasteiger partial charge in [0.1, 0.15) is 0 Å². The van der Waals surface area contributed by atoms with E-state index in [0.29, 0.717) is 12.1 Å². The molecule has 0 saturated heterocycles. The summed E-state index contributed by atoms with van der Waals surface area (Å²) in [5.74, 6) is 0. The van der Waals surface area contributed by atoms with Crippen LogP contribution in [0.4, 0.5) is 8.78 Å². The monoisotopic (exact) mass is 294 g/mol. The Morgan fingerprint density at radius 2 is 1.86 bits per heavy atom. The van der Waals surface area contributed by atoms with Crippen LogP contribution in [-0.4, -0.2) is 15.7 Å². The number of rotatable bonds is 6. The first-order valence-electron chi connectivity index (χ1n) is 6.96. The van der Waals surface area contributed by atoms with Crippen molar-refractivity contribution in [3.8, 4) is 5.69 Å². The Labute approximate surface area is 123 Å². The number of benzene rings is 1. The molecule has 0 spiro atoms. The van der Waals surface area contributed by atoms with Crippen LogP contribution in [0.2, 0.25) is 0 Å². The summed E-state index contributed by atoms with van der Waals surface area (Å²) in [6.07, 6.45) is 0.443. The molecule has 0 aliphatic rings. The van der Waals surface area contributed by atoms with Gasteiger partial charge in [0.15, 0.2) is 0 Å². The molecule has 3 nitrogen and oxygen atoms in total. The minimum atomic E-state index is -3.18. The molecule has 0 radical (unpaired) electrons. The Morgan fingerprint density at radius 3 is 2.48 bits per heavy atom. The van der Waals surface area contributed by atoms with Gasteiger partial charge >= 0.3 is 6.11 Å². The zero-order chi connectivity index (χ0) is 15.5. The van der Waals surface area contributed by atoms with Crippen LogP contribution < -0.4 is 0 Å². The van der Waals surface area contributed by atoms with Gasteiger partial charge in [-0.2, -0.15) is 8.78 Å². The van der Waals surface area contributed by atoms with Crippen molar-refractivity contribution in [1.82, 2.24) is 9.55 Å². The number of para-hydroxylation sites is 1. The quantitative estimate of drug-likeness (QED) is 0.788. The van der Waals surface area contributed by atoms with Gasteiger partial charge in [0.25, 0.3) is 0 Å². The molecule has 0 amide bonds. The van der Waals surface area contributed by atoms with Gasteiger partial charge in [-0.3, -0.25) is 0 Å². The fourth-order valence-corrected chi connectivity index (χ4v) is 1.75. The standard InChI is InChI=1S/C16H20F2N2O/c1-4-15(2,3)16(17,18)21-11-13-10-20(12-19-13)14-8-6-5-7-9-14/h5-10,12H,4,11H2,1-3H3. The third kappa shape index (κ3) is 3.47. The first kappa shape index (κ1) is 15.6. The zero-order valence-corrected chi connectivity index (χ0v) is 12.5. The van der Waals surface area contributed by atoms with Crippen molar-refractivity contribution < 1.29 is 13.5 Å². The first-order chi connectivity index (χ1) is 9.86. The second-order valence-corrected chi connectivity index (χ2v) is 5.65. The highest BCUT2D eigenvalue weighted by atomic mass is 19.3. The van der Waals surface area contributed by atoms with E-state index in [1.54, 1.807) is 24.0 Å². The van der Waals surface area contributed by atoms with Crippen LogP contribution in [0.1, 0.15) is 32.9 Å². The molecular formula is C16H20F2N2O. The number of ether oxygens (including phenoxy) is 1. The van der Waals surface area contributed by atoms with Crippen molar-refractivity contribution in [3.63, 3.8) is 0 Å². The van der Waals surface area contributed by atoms with Crippen LogP contribution in [0.15, 0.2) is 42.9 Å². The molecule has 114 valence electrons. The van der Waals surface area contributed by atoms with Crippen molar-refractivity contribution in [1.29, 1.82) is 0 Å². The molecule has 0 unspecified atom stereocenters. The fourth-order valence-electron chi connectivity index (χ4n) is 1.75. The van der Waals surface area contributed by atoms with Crippen LogP contribution in [-0.2, 0) is 11.3 Å². The van der Waals surface area contributed by atoms with Crippen molar-refractivity contribution in [2.24, 2.45) is 5.41 Å². The molecule has 0 aliphatic heterocycles. The lowest BCUT2D eigenvalue weighted by Crippen LogP contribution is -2.38. The second-order valence-electron chi connectivity index (χ2n) is 5.65. The van der Waals surface area contributed by atoms with Crippen molar-refractivity contribution in [2.75, 3.05) is 0 Å². The molecule has 2 rings (SSSR count). The number of imidazole rings is 1. The Morgan fingerprint density at radius 1 is 1.19 bits per heavy atom. The maximum absolute atomic E-state index is 14.0. The van der Waals surface area contributed by atoms with E-state index in [9.17, 15) is 8.78 Å². The van der Waals surface area contributed by atoms with Crippen LogP contribution in [0, 0.1) is 5.41 Å². The fraction of sp³-hybridized carbons (Fsp3) is 0.438. The van der Waals surface area contributed by atoms with E-state index in [2.05, 4.69) is 4.98 Å². The maximum Gasteiger partial charge on any atom is 0.361 e. The van der Waals surface area contributed by atoms with E-state index in [1.165, 1.54) is 13.8 Å². The summed E-state index contributed by atoms with van der Waals surface area (Å²) in [5, 5.41) is 0. The lowest BCUT2D eigenvalue weighted by atomic mass is 9.89. The van der Waals surface area contributed by atoms with E-state index in [4.69, 9.17) is 4.74 Å². The molecule has 1 aromatic heterocycles. The van der Waals surface area contributed by atoms with Gasteiger partial charge in [-0.25, -0.2) is 4.98 Å². The number of hydrogen-bond acceptors (Lipinski definition) is 2. The van der Waals surface area contributed by atoms with Gasteiger partial charge in [-0.15, -0.1) is 0 Å². The molecule has 1 heterocycles. The molecular weight excluding hydrogens is 274 g/mol. The number of hydrogen-bond donors (Lipinski definition) is 0. The molecule has 0 bridgehead atoms. The van der Waals surface area contributed by atoms with Crippen LogP contribution >= 0.6 is 0 Å². The molecule has 0 N–H and O–H groups in total. The van der Waals surface area contributed by atoms with E-state index in [-0.39, 0.29) is 6.61 Å². The molecule has 0 atom stereocenters. The predicted molar refractivity (Wildman–Crippen MR) is 77.4 cm³/mol. The third-order valence-electron chi connectivity index (χ3n) is 3.76.